The van der Waals surface area contributed by atoms with Crippen LogP contribution in [0.3, 0.4) is 0 Å². The van der Waals surface area contributed by atoms with Crippen molar-refractivity contribution in [2.75, 3.05) is 5.75 Å². The Bertz CT molecular complexity index is 794. The Kier molecular flexibility index (Phi) is 3.86. The zero-order chi connectivity index (χ0) is 16.5. The number of fused-ring (bicyclic) bond motifs is 1. The van der Waals surface area contributed by atoms with Crippen LogP contribution >= 0.6 is 0 Å². The average Bonchev–Trinajstić information content (AvgIpc) is 3.12. The molecule has 2 aromatic rings. The number of nitrogens with one attached hydrogen (secondary N) is 1. The molecule has 0 fully saturated rings. The molecule has 0 spiro atoms. The molecule has 1 aromatic heterocycles. The average molecular weight is 337 g/mol. The molecule has 1 aliphatic carbocycles. The fourth-order valence-electron chi connectivity index (χ4n) is 2.73. The van der Waals surface area contributed by atoms with E-state index in [1.165, 1.54) is 11.0 Å². The maximum absolute atomic E-state index is 12.3. The molecule has 0 unspecified atom stereocenters. The number of tetrazole rings is 1. The van der Waals surface area contributed by atoms with Crippen molar-refractivity contribution in [1.82, 2.24) is 24.9 Å². The zero-order valence-corrected chi connectivity index (χ0v) is 12.9. The van der Waals surface area contributed by atoms with E-state index in [9.17, 15) is 18.3 Å². The van der Waals surface area contributed by atoms with Gasteiger partial charge in [0.15, 0.2) is 0 Å². The van der Waals surface area contributed by atoms with E-state index in [1.54, 1.807) is 0 Å². The van der Waals surface area contributed by atoms with E-state index in [2.05, 4.69) is 20.2 Å². The summed E-state index contributed by atoms with van der Waals surface area (Å²) in [5, 5.41) is 20.0. The molecule has 9 nitrogen and oxygen atoms in total. The molecule has 2 N–H and O–H groups in total. The van der Waals surface area contributed by atoms with Crippen LogP contribution in [0, 0.1) is 0 Å². The molecule has 23 heavy (non-hydrogen) atoms. The summed E-state index contributed by atoms with van der Waals surface area (Å²) in [6.45, 7) is 0.0466. The van der Waals surface area contributed by atoms with Crippen molar-refractivity contribution in [1.29, 1.82) is 0 Å². The second-order valence-electron chi connectivity index (χ2n) is 5.50. The van der Waals surface area contributed by atoms with Gasteiger partial charge in [0.2, 0.25) is 10.0 Å². The Labute approximate surface area is 132 Å². The Morgan fingerprint density at radius 3 is 2.48 bits per heavy atom. The van der Waals surface area contributed by atoms with Crippen LogP contribution in [-0.4, -0.2) is 51.0 Å². The van der Waals surface area contributed by atoms with E-state index in [0.29, 0.717) is 0 Å². The summed E-state index contributed by atoms with van der Waals surface area (Å²) >= 11 is 0. The van der Waals surface area contributed by atoms with Crippen LogP contribution in [0.5, 0.6) is 0 Å². The van der Waals surface area contributed by atoms with E-state index in [1.807, 2.05) is 24.3 Å². The largest absolute Gasteiger partial charge is 0.480 e. The monoisotopic (exact) mass is 337 g/mol. The van der Waals surface area contributed by atoms with E-state index < -0.39 is 21.5 Å². The van der Waals surface area contributed by atoms with Crippen LogP contribution in [0.25, 0.3) is 0 Å². The van der Waals surface area contributed by atoms with Crippen LogP contribution in [0.2, 0.25) is 0 Å². The number of benzene rings is 1. The van der Waals surface area contributed by atoms with Crippen LogP contribution in [0.1, 0.15) is 11.1 Å². The van der Waals surface area contributed by atoms with Crippen LogP contribution in [-0.2, 0) is 34.2 Å². The summed E-state index contributed by atoms with van der Waals surface area (Å²) in [7, 11) is -3.81. The van der Waals surface area contributed by atoms with Crippen LogP contribution < -0.4 is 4.72 Å². The molecule has 10 heteroatoms. The lowest BCUT2D eigenvalue weighted by Crippen LogP contribution is -2.56. The number of carboxylic acid groups (broad SMARTS) is 1. The Hall–Kier alpha value is -2.33. The zero-order valence-electron chi connectivity index (χ0n) is 12.1. The quantitative estimate of drug-likeness (QED) is 0.707. The highest BCUT2D eigenvalue weighted by atomic mass is 32.2. The highest BCUT2D eigenvalue weighted by molar-refractivity contribution is 7.89. The lowest BCUT2D eigenvalue weighted by Gasteiger charge is -2.25. The number of aryl methyl sites for hydroxylation is 1. The summed E-state index contributed by atoms with van der Waals surface area (Å²) in [6, 6.07) is 7.25. The van der Waals surface area contributed by atoms with Crippen molar-refractivity contribution in [3.05, 3.63) is 41.7 Å². The first-order valence-corrected chi connectivity index (χ1v) is 8.58. The Morgan fingerprint density at radius 2 is 1.96 bits per heavy atom. The molecule has 122 valence electrons. The topological polar surface area (TPSA) is 127 Å². The van der Waals surface area contributed by atoms with Crippen molar-refractivity contribution in [2.24, 2.45) is 0 Å². The van der Waals surface area contributed by atoms with Gasteiger partial charge in [-0.15, -0.1) is 5.10 Å². The van der Waals surface area contributed by atoms with Gasteiger partial charge in [-0.05, 0) is 21.6 Å². The normalized spacial score (nSPS) is 16.2. The lowest BCUT2D eigenvalue weighted by atomic mass is 9.98. The fourth-order valence-corrected chi connectivity index (χ4v) is 4.08. The third-order valence-corrected chi connectivity index (χ3v) is 5.27. The van der Waals surface area contributed by atoms with Gasteiger partial charge in [-0.3, -0.25) is 4.79 Å². The minimum Gasteiger partial charge on any atom is -0.480 e. The number of aromatic nitrogens is 4. The fraction of sp³-hybridized carbons (Fsp3) is 0.385. The van der Waals surface area contributed by atoms with Crippen molar-refractivity contribution < 1.29 is 18.3 Å². The number of sulfonamides is 1. The summed E-state index contributed by atoms with van der Waals surface area (Å²) in [6.07, 6.45) is 1.55. The third-order valence-electron chi connectivity index (χ3n) is 3.84. The Morgan fingerprint density at radius 1 is 1.30 bits per heavy atom. The molecule has 0 amide bonds. The SMILES string of the molecule is O=C(O)C1(NS(=O)(=O)CCn2cnnn2)Cc2ccccc2C1. The molecule has 0 aliphatic heterocycles. The number of hydrogen-bond acceptors (Lipinski definition) is 6. The number of carboxylic acids is 1. The summed E-state index contributed by atoms with van der Waals surface area (Å²) in [4.78, 5) is 11.7. The molecule has 3 rings (SSSR count). The molecule has 0 radical (unpaired) electrons. The molecule has 1 heterocycles. The second-order valence-corrected chi connectivity index (χ2v) is 7.35. The highest BCUT2D eigenvalue weighted by Crippen LogP contribution is 2.31. The maximum Gasteiger partial charge on any atom is 0.325 e. The van der Waals surface area contributed by atoms with E-state index in [0.717, 1.165) is 11.1 Å². The predicted octanol–water partition coefficient (Wildman–Crippen LogP) is -0.785. The van der Waals surface area contributed by atoms with Crippen LogP contribution in [0.4, 0.5) is 0 Å². The van der Waals surface area contributed by atoms with Crippen molar-refractivity contribution in [3.8, 4) is 0 Å². The first kappa shape index (κ1) is 15.6. The molecular weight excluding hydrogens is 322 g/mol. The van der Waals surface area contributed by atoms with Gasteiger partial charge in [-0.2, -0.15) is 4.72 Å². The van der Waals surface area contributed by atoms with E-state index >= 15 is 0 Å². The molecular formula is C13H15N5O4S. The molecule has 0 atom stereocenters. The van der Waals surface area contributed by atoms with Gasteiger partial charge < -0.3 is 5.11 Å². The van der Waals surface area contributed by atoms with Crippen molar-refractivity contribution in [3.63, 3.8) is 0 Å². The minimum absolute atomic E-state index is 0.0466. The van der Waals surface area contributed by atoms with E-state index in [4.69, 9.17) is 0 Å². The molecule has 0 bridgehead atoms. The number of aliphatic carboxylic acids is 1. The van der Waals surface area contributed by atoms with Gasteiger partial charge >= 0.3 is 5.97 Å². The molecule has 0 saturated heterocycles. The van der Waals surface area contributed by atoms with Gasteiger partial charge in [0.25, 0.3) is 0 Å². The van der Waals surface area contributed by atoms with Gasteiger partial charge in [0, 0.05) is 12.8 Å². The van der Waals surface area contributed by atoms with E-state index in [-0.39, 0.29) is 25.1 Å². The molecule has 1 aromatic carbocycles. The number of carbonyl (C=O) groups is 1. The summed E-state index contributed by atoms with van der Waals surface area (Å²) in [5.41, 5.74) is 0.152. The maximum atomic E-state index is 12.3. The standard InChI is InChI=1S/C13H15N5O4S/c19-12(20)13(7-10-3-1-2-4-11(10)8-13)15-23(21,22)6-5-18-9-14-16-17-18/h1-4,9,15H,5-8H2,(H,19,20). The molecule has 0 saturated carbocycles. The van der Waals surface area contributed by atoms with Gasteiger partial charge in [-0.1, -0.05) is 24.3 Å². The second kappa shape index (κ2) is 5.70. The predicted molar refractivity (Wildman–Crippen MR) is 79.0 cm³/mol. The van der Waals surface area contributed by atoms with Crippen molar-refractivity contribution in [2.45, 2.75) is 24.9 Å². The molecule has 1 aliphatic rings. The van der Waals surface area contributed by atoms with Crippen molar-refractivity contribution >= 4 is 16.0 Å². The van der Waals surface area contributed by atoms with Gasteiger partial charge in [-0.25, -0.2) is 13.1 Å². The smallest absolute Gasteiger partial charge is 0.325 e. The third kappa shape index (κ3) is 3.22. The first-order chi connectivity index (χ1) is 10.9. The number of hydrogen-bond donors (Lipinski definition) is 2. The van der Waals surface area contributed by atoms with Crippen LogP contribution in [0.15, 0.2) is 30.6 Å². The highest BCUT2D eigenvalue weighted by Gasteiger charge is 2.46. The summed E-state index contributed by atoms with van der Waals surface area (Å²) in [5.74, 6) is -1.48. The first-order valence-electron chi connectivity index (χ1n) is 6.93. The Balaban J connectivity index is 1.77. The van der Waals surface area contributed by atoms with Gasteiger partial charge in [0.1, 0.15) is 11.9 Å². The number of nitrogens with zero attached hydrogens (tertiary/aromatic N) is 4. The lowest BCUT2D eigenvalue weighted by molar-refractivity contribution is -0.143. The van der Waals surface area contributed by atoms with Gasteiger partial charge in [0.05, 0.1) is 12.3 Å². The minimum atomic E-state index is -3.81. The summed E-state index contributed by atoms with van der Waals surface area (Å²) < 4.78 is 28.2. The number of rotatable bonds is 6.